The molecule has 2 rings (SSSR count). The first-order valence-corrected chi connectivity index (χ1v) is 7.61. The number of rotatable bonds is 4. The highest BCUT2D eigenvalue weighted by Crippen LogP contribution is 2.18. The molecule has 1 unspecified atom stereocenters. The lowest BCUT2D eigenvalue weighted by molar-refractivity contribution is -0.147. The number of carboxylic acids is 1. The minimum Gasteiger partial charge on any atom is -0.480 e. The molecular weight excluding hydrogens is 274 g/mol. The summed E-state index contributed by atoms with van der Waals surface area (Å²) < 4.78 is 5.13. The first-order chi connectivity index (χ1) is 10.1. The number of nitrogens with one attached hydrogen (secondary N) is 1. The van der Waals surface area contributed by atoms with Gasteiger partial charge in [-0.05, 0) is 45.3 Å². The van der Waals surface area contributed by atoms with Crippen LogP contribution < -0.4 is 5.32 Å². The van der Waals surface area contributed by atoms with E-state index in [1.165, 1.54) is 17.7 Å². The molecule has 21 heavy (non-hydrogen) atoms. The molecule has 2 fully saturated rings. The van der Waals surface area contributed by atoms with Crippen molar-refractivity contribution < 1.29 is 19.4 Å². The fourth-order valence-corrected chi connectivity index (χ4v) is 2.89. The second-order valence-corrected chi connectivity index (χ2v) is 5.89. The lowest BCUT2D eigenvalue weighted by Crippen LogP contribution is -2.55. The summed E-state index contributed by atoms with van der Waals surface area (Å²) in [7, 11) is 2.13. The number of ether oxygens (including phenoxy) is 1. The fraction of sp³-hybridized carbons (Fsp3) is 0.857. The average molecular weight is 299 g/mol. The van der Waals surface area contributed by atoms with Crippen LogP contribution in [0.3, 0.4) is 0 Å². The topological polar surface area (TPSA) is 82.1 Å². The molecule has 1 atom stereocenters. The van der Waals surface area contributed by atoms with Gasteiger partial charge in [0.05, 0.1) is 13.2 Å². The van der Waals surface area contributed by atoms with E-state index < -0.39 is 12.0 Å². The van der Waals surface area contributed by atoms with Gasteiger partial charge in [0, 0.05) is 13.1 Å². The van der Waals surface area contributed by atoms with Gasteiger partial charge in [0.15, 0.2) is 6.04 Å². The maximum Gasteiger partial charge on any atom is 0.328 e. The molecule has 0 spiro atoms. The highest BCUT2D eigenvalue weighted by atomic mass is 16.5. The first kappa shape index (κ1) is 16.0. The van der Waals surface area contributed by atoms with Gasteiger partial charge in [-0.25, -0.2) is 9.59 Å². The van der Waals surface area contributed by atoms with E-state index in [2.05, 4.69) is 17.3 Å². The standard InChI is InChI=1S/C14H25N3O4/c1-16-6-3-11(4-7-16)2-5-15-14(20)17-8-9-21-10-12(17)13(18)19/h11-12H,2-10H2,1H3,(H,15,20)(H,18,19). The summed E-state index contributed by atoms with van der Waals surface area (Å²) in [5, 5.41) is 12.0. The fourth-order valence-electron chi connectivity index (χ4n) is 2.89. The van der Waals surface area contributed by atoms with Crippen LogP contribution in [-0.2, 0) is 9.53 Å². The normalized spacial score (nSPS) is 24.8. The Kier molecular flexibility index (Phi) is 5.81. The number of hydrogen-bond donors (Lipinski definition) is 2. The maximum atomic E-state index is 12.1. The minimum absolute atomic E-state index is 0.0672. The molecule has 0 aromatic rings. The van der Waals surface area contributed by atoms with Crippen LogP contribution in [0.1, 0.15) is 19.3 Å². The Hall–Kier alpha value is -1.34. The first-order valence-electron chi connectivity index (χ1n) is 7.61. The van der Waals surface area contributed by atoms with Gasteiger partial charge in [-0.2, -0.15) is 0 Å². The molecule has 0 aromatic heterocycles. The van der Waals surface area contributed by atoms with E-state index in [4.69, 9.17) is 9.84 Å². The molecule has 0 saturated carbocycles. The molecule has 0 aliphatic carbocycles. The van der Waals surface area contributed by atoms with Gasteiger partial charge in [0.1, 0.15) is 0 Å². The maximum absolute atomic E-state index is 12.1. The number of morpholine rings is 1. The highest BCUT2D eigenvalue weighted by Gasteiger charge is 2.32. The molecule has 7 heteroatoms. The highest BCUT2D eigenvalue weighted by molar-refractivity contribution is 5.82. The molecule has 2 aliphatic rings. The van der Waals surface area contributed by atoms with Gasteiger partial charge in [-0.15, -0.1) is 0 Å². The quantitative estimate of drug-likeness (QED) is 0.775. The smallest absolute Gasteiger partial charge is 0.328 e. The SMILES string of the molecule is CN1CCC(CCNC(=O)N2CCOCC2C(=O)O)CC1. The number of aliphatic carboxylic acids is 1. The van der Waals surface area contributed by atoms with Gasteiger partial charge >= 0.3 is 12.0 Å². The number of urea groups is 1. The molecule has 7 nitrogen and oxygen atoms in total. The average Bonchev–Trinajstić information content (AvgIpc) is 2.49. The van der Waals surface area contributed by atoms with Crippen LogP contribution in [0.5, 0.6) is 0 Å². The Morgan fingerprint density at radius 2 is 2.00 bits per heavy atom. The minimum atomic E-state index is -1.01. The second-order valence-electron chi connectivity index (χ2n) is 5.89. The summed E-state index contributed by atoms with van der Waals surface area (Å²) in [6.45, 7) is 3.63. The van der Waals surface area contributed by atoms with Crippen molar-refractivity contribution in [3.8, 4) is 0 Å². The van der Waals surface area contributed by atoms with Crippen molar-refractivity contribution in [1.29, 1.82) is 0 Å². The monoisotopic (exact) mass is 299 g/mol. The van der Waals surface area contributed by atoms with E-state index in [1.807, 2.05) is 0 Å². The molecule has 0 radical (unpaired) electrons. The van der Waals surface area contributed by atoms with Crippen LogP contribution in [0.15, 0.2) is 0 Å². The van der Waals surface area contributed by atoms with Crippen molar-refractivity contribution in [3.05, 3.63) is 0 Å². The van der Waals surface area contributed by atoms with Gasteiger partial charge in [0.2, 0.25) is 0 Å². The number of piperidine rings is 1. The number of carboxylic acid groups (broad SMARTS) is 1. The molecule has 2 heterocycles. The zero-order valence-corrected chi connectivity index (χ0v) is 12.6. The number of likely N-dealkylation sites (tertiary alicyclic amines) is 1. The Bertz CT molecular complexity index is 369. The number of carbonyl (C=O) groups is 2. The summed E-state index contributed by atoms with van der Waals surface area (Å²) in [4.78, 5) is 26.9. The summed E-state index contributed by atoms with van der Waals surface area (Å²) in [6.07, 6.45) is 3.30. The van der Waals surface area contributed by atoms with Crippen molar-refractivity contribution >= 4 is 12.0 Å². The van der Waals surface area contributed by atoms with Gasteiger partial charge in [-0.1, -0.05) is 0 Å². The Morgan fingerprint density at radius 3 is 2.67 bits per heavy atom. The van der Waals surface area contributed by atoms with Crippen molar-refractivity contribution in [3.63, 3.8) is 0 Å². The molecule has 2 N–H and O–H groups in total. The summed E-state index contributed by atoms with van der Waals surface area (Å²) in [5.41, 5.74) is 0. The lowest BCUT2D eigenvalue weighted by atomic mass is 9.94. The Balaban J connectivity index is 1.72. The van der Waals surface area contributed by atoms with Crippen molar-refractivity contribution in [2.75, 3.05) is 46.4 Å². The van der Waals surface area contributed by atoms with Crippen LogP contribution in [0.4, 0.5) is 4.79 Å². The number of amides is 2. The van der Waals surface area contributed by atoms with Crippen molar-refractivity contribution in [2.24, 2.45) is 5.92 Å². The Labute approximate surface area is 125 Å². The summed E-state index contributed by atoms with van der Waals surface area (Å²) in [5.74, 6) is -0.360. The van der Waals surface area contributed by atoms with Crippen LogP contribution in [0, 0.1) is 5.92 Å². The van der Waals surface area contributed by atoms with E-state index in [-0.39, 0.29) is 12.6 Å². The second kappa shape index (κ2) is 7.61. The van der Waals surface area contributed by atoms with E-state index in [9.17, 15) is 9.59 Å². The lowest BCUT2D eigenvalue weighted by Gasteiger charge is -2.33. The largest absolute Gasteiger partial charge is 0.480 e. The van der Waals surface area contributed by atoms with Gasteiger partial charge in [0.25, 0.3) is 0 Å². The van der Waals surface area contributed by atoms with Crippen LogP contribution in [0.25, 0.3) is 0 Å². The molecule has 2 saturated heterocycles. The molecule has 2 amide bonds. The summed E-state index contributed by atoms with van der Waals surface area (Å²) in [6, 6.07) is -1.17. The van der Waals surface area contributed by atoms with Crippen LogP contribution >= 0.6 is 0 Å². The summed E-state index contributed by atoms with van der Waals surface area (Å²) >= 11 is 0. The van der Waals surface area contributed by atoms with E-state index in [1.54, 1.807) is 0 Å². The van der Waals surface area contributed by atoms with E-state index >= 15 is 0 Å². The molecule has 120 valence electrons. The number of carbonyl (C=O) groups excluding carboxylic acids is 1. The third-order valence-electron chi connectivity index (χ3n) is 4.34. The molecular formula is C14H25N3O4. The van der Waals surface area contributed by atoms with Gasteiger partial charge < -0.3 is 25.0 Å². The Morgan fingerprint density at radius 1 is 1.29 bits per heavy atom. The van der Waals surface area contributed by atoms with Crippen LogP contribution in [-0.4, -0.2) is 79.4 Å². The van der Waals surface area contributed by atoms with Crippen molar-refractivity contribution in [1.82, 2.24) is 15.1 Å². The zero-order valence-electron chi connectivity index (χ0n) is 12.6. The molecule has 0 aromatic carbocycles. The molecule has 0 bridgehead atoms. The predicted octanol–water partition coefficient (Wildman–Crippen LogP) is 0.213. The van der Waals surface area contributed by atoms with Crippen molar-refractivity contribution in [2.45, 2.75) is 25.3 Å². The van der Waals surface area contributed by atoms with Gasteiger partial charge in [-0.3, -0.25) is 0 Å². The molecule has 2 aliphatic heterocycles. The van der Waals surface area contributed by atoms with E-state index in [0.29, 0.717) is 25.6 Å². The third kappa shape index (κ3) is 4.57. The number of nitrogens with zero attached hydrogens (tertiary/aromatic N) is 2. The predicted molar refractivity (Wildman–Crippen MR) is 77.2 cm³/mol. The zero-order chi connectivity index (χ0) is 15.2. The number of hydrogen-bond acceptors (Lipinski definition) is 4. The third-order valence-corrected chi connectivity index (χ3v) is 4.34. The van der Waals surface area contributed by atoms with Crippen LogP contribution in [0.2, 0.25) is 0 Å². The van der Waals surface area contributed by atoms with E-state index in [0.717, 1.165) is 19.5 Å².